The minimum absolute atomic E-state index is 0. The molecule has 1 heterocycles. The van der Waals surface area contributed by atoms with Crippen molar-refractivity contribution in [3.63, 3.8) is 0 Å². The Morgan fingerprint density at radius 1 is 1.10 bits per heavy atom. The Morgan fingerprint density at radius 2 is 1.67 bits per heavy atom. The Kier molecular flexibility index (Phi) is 6.54. The number of aromatic carboxylic acids is 2. The molecule has 21 heavy (non-hydrogen) atoms. The van der Waals surface area contributed by atoms with Crippen molar-refractivity contribution in [2.24, 2.45) is 0 Å². The standard InChI is InChI=1S/C12H14N2O6.K.H/c15-9-7(10(16)17)8(11(18)19)14(12(20)13-9)6-4-2-1-3-5-6;;/h6H,1-5H2,(H,16,17)(H,18,19)(H,13,15,20);;/q;+1;-1. The van der Waals surface area contributed by atoms with Gasteiger partial charge in [-0.3, -0.25) is 14.3 Å². The molecule has 0 atom stereocenters. The number of aromatic amines is 1. The summed E-state index contributed by atoms with van der Waals surface area (Å²) < 4.78 is 0.909. The van der Waals surface area contributed by atoms with Crippen LogP contribution < -0.4 is 62.6 Å². The van der Waals surface area contributed by atoms with Crippen LogP contribution in [0.2, 0.25) is 0 Å². The maximum Gasteiger partial charge on any atom is 1.00 e. The van der Waals surface area contributed by atoms with E-state index in [-0.39, 0.29) is 52.8 Å². The average molecular weight is 322 g/mol. The fourth-order valence-electron chi connectivity index (χ4n) is 2.65. The average Bonchev–Trinajstić information content (AvgIpc) is 2.38. The maximum atomic E-state index is 11.9. The molecular formula is C12H15KN2O6. The van der Waals surface area contributed by atoms with Gasteiger partial charge in [-0.05, 0) is 12.8 Å². The fraction of sp³-hybridized carbons (Fsp3) is 0.500. The number of rotatable bonds is 3. The number of aromatic nitrogens is 2. The summed E-state index contributed by atoms with van der Waals surface area (Å²) in [5, 5.41) is 18.2. The van der Waals surface area contributed by atoms with Gasteiger partial charge in [0.1, 0.15) is 0 Å². The topological polar surface area (TPSA) is 129 Å². The zero-order chi connectivity index (χ0) is 14.9. The Bertz CT molecular complexity index is 677. The second-order valence-corrected chi connectivity index (χ2v) is 4.76. The van der Waals surface area contributed by atoms with E-state index in [1.807, 2.05) is 4.98 Å². The normalized spacial score (nSPS) is 15.2. The van der Waals surface area contributed by atoms with Crippen LogP contribution in [0.1, 0.15) is 60.4 Å². The Hall–Kier alpha value is -0.744. The summed E-state index contributed by atoms with van der Waals surface area (Å²) in [6.07, 6.45) is 3.83. The van der Waals surface area contributed by atoms with Crippen LogP contribution in [0.25, 0.3) is 0 Å². The Labute approximate surface area is 163 Å². The first-order chi connectivity index (χ1) is 9.43. The van der Waals surface area contributed by atoms with Crippen LogP contribution in [0.15, 0.2) is 9.59 Å². The number of carbonyl (C=O) groups is 2. The van der Waals surface area contributed by atoms with E-state index in [1.165, 1.54) is 0 Å². The van der Waals surface area contributed by atoms with E-state index >= 15 is 0 Å². The predicted octanol–water partition coefficient (Wildman–Crippen LogP) is -2.45. The van der Waals surface area contributed by atoms with Crippen LogP contribution in [-0.2, 0) is 0 Å². The first kappa shape index (κ1) is 18.3. The number of nitrogens with one attached hydrogen (secondary N) is 1. The largest absolute Gasteiger partial charge is 1.00 e. The van der Waals surface area contributed by atoms with E-state index in [9.17, 15) is 24.3 Å². The minimum Gasteiger partial charge on any atom is -1.00 e. The summed E-state index contributed by atoms with van der Waals surface area (Å²) in [6, 6.07) is -0.391. The SMILES string of the molecule is O=C(O)c1c(C(=O)O)n(C2CCCCC2)c(=O)[nH]c1=O.[H-].[K+]. The Balaban J connectivity index is 0.00000220. The molecule has 0 bridgehead atoms. The number of carboxylic acid groups (broad SMARTS) is 2. The molecule has 0 unspecified atom stereocenters. The number of carboxylic acids is 2. The van der Waals surface area contributed by atoms with Gasteiger partial charge in [0.15, 0.2) is 11.3 Å². The predicted molar refractivity (Wildman–Crippen MR) is 68.5 cm³/mol. The summed E-state index contributed by atoms with van der Waals surface area (Å²) in [7, 11) is 0. The third kappa shape index (κ3) is 3.72. The van der Waals surface area contributed by atoms with Crippen molar-refractivity contribution >= 4 is 11.9 Å². The van der Waals surface area contributed by atoms with Crippen molar-refractivity contribution in [3.05, 3.63) is 32.1 Å². The van der Waals surface area contributed by atoms with Gasteiger partial charge in [0.2, 0.25) is 0 Å². The molecule has 0 spiro atoms. The maximum absolute atomic E-state index is 11.9. The van der Waals surface area contributed by atoms with Gasteiger partial charge in [0.25, 0.3) is 5.56 Å². The second kappa shape index (κ2) is 7.50. The molecule has 2 rings (SSSR count). The molecule has 1 aliphatic carbocycles. The van der Waals surface area contributed by atoms with Gasteiger partial charge >= 0.3 is 69.0 Å². The van der Waals surface area contributed by atoms with Crippen LogP contribution in [0, 0.1) is 0 Å². The third-order valence-electron chi connectivity index (χ3n) is 3.50. The third-order valence-corrected chi connectivity index (χ3v) is 3.50. The minimum atomic E-state index is -1.66. The van der Waals surface area contributed by atoms with Crippen LogP contribution in [0.5, 0.6) is 0 Å². The van der Waals surface area contributed by atoms with Crippen molar-refractivity contribution < 1.29 is 72.6 Å². The monoisotopic (exact) mass is 322 g/mol. The van der Waals surface area contributed by atoms with Crippen molar-refractivity contribution in [3.8, 4) is 0 Å². The van der Waals surface area contributed by atoms with Crippen molar-refractivity contribution in [1.82, 2.24) is 9.55 Å². The van der Waals surface area contributed by atoms with E-state index in [4.69, 9.17) is 5.11 Å². The molecule has 1 fully saturated rings. The molecule has 0 aliphatic heterocycles. The van der Waals surface area contributed by atoms with Crippen molar-refractivity contribution in [2.75, 3.05) is 0 Å². The van der Waals surface area contributed by atoms with Crippen LogP contribution in [-0.4, -0.2) is 31.7 Å². The first-order valence-electron chi connectivity index (χ1n) is 6.29. The van der Waals surface area contributed by atoms with Crippen LogP contribution in [0.4, 0.5) is 0 Å². The second-order valence-electron chi connectivity index (χ2n) is 4.76. The molecule has 1 aromatic heterocycles. The summed E-state index contributed by atoms with van der Waals surface area (Å²) in [6.45, 7) is 0. The number of hydrogen-bond acceptors (Lipinski definition) is 4. The van der Waals surface area contributed by atoms with Gasteiger partial charge in [-0.2, -0.15) is 0 Å². The van der Waals surface area contributed by atoms with Gasteiger partial charge < -0.3 is 11.6 Å². The Morgan fingerprint density at radius 3 is 2.14 bits per heavy atom. The van der Waals surface area contributed by atoms with E-state index < -0.39 is 40.5 Å². The molecule has 0 amide bonds. The molecule has 1 saturated carbocycles. The molecule has 0 saturated heterocycles. The molecule has 110 valence electrons. The molecule has 0 radical (unpaired) electrons. The zero-order valence-electron chi connectivity index (χ0n) is 12.6. The summed E-state index contributed by atoms with van der Waals surface area (Å²) in [5.41, 5.74) is -3.70. The van der Waals surface area contributed by atoms with Gasteiger partial charge in [-0.1, -0.05) is 19.3 Å². The number of hydrogen-bond donors (Lipinski definition) is 3. The molecular weight excluding hydrogens is 307 g/mol. The summed E-state index contributed by atoms with van der Waals surface area (Å²) in [4.78, 5) is 47.7. The molecule has 1 aromatic rings. The quantitative estimate of drug-likeness (QED) is 0.530. The molecule has 0 aromatic carbocycles. The van der Waals surface area contributed by atoms with Crippen LogP contribution >= 0.6 is 0 Å². The van der Waals surface area contributed by atoms with E-state index in [2.05, 4.69) is 0 Å². The molecule has 8 nitrogen and oxygen atoms in total. The van der Waals surface area contributed by atoms with Gasteiger partial charge in [-0.15, -0.1) is 0 Å². The molecule has 3 N–H and O–H groups in total. The number of H-pyrrole nitrogens is 1. The first-order valence-corrected chi connectivity index (χ1v) is 6.29. The van der Waals surface area contributed by atoms with Crippen molar-refractivity contribution in [2.45, 2.75) is 38.1 Å². The number of nitrogens with zero attached hydrogens (tertiary/aromatic N) is 1. The van der Waals surface area contributed by atoms with E-state index in [0.29, 0.717) is 12.8 Å². The van der Waals surface area contributed by atoms with Gasteiger partial charge in [0, 0.05) is 6.04 Å². The van der Waals surface area contributed by atoms with E-state index in [0.717, 1.165) is 23.8 Å². The zero-order valence-corrected chi connectivity index (χ0v) is 14.7. The smallest absolute Gasteiger partial charge is 1.00 e. The molecule has 1 aliphatic rings. The molecule has 9 heteroatoms. The summed E-state index contributed by atoms with van der Waals surface area (Å²) in [5.74, 6) is -3.25. The summed E-state index contributed by atoms with van der Waals surface area (Å²) >= 11 is 0. The van der Waals surface area contributed by atoms with Gasteiger partial charge in [-0.25, -0.2) is 14.4 Å². The van der Waals surface area contributed by atoms with Crippen LogP contribution in [0.3, 0.4) is 0 Å². The van der Waals surface area contributed by atoms with Gasteiger partial charge in [0.05, 0.1) is 0 Å². The van der Waals surface area contributed by atoms with Crippen molar-refractivity contribution in [1.29, 1.82) is 0 Å². The fourth-order valence-corrected chi connectivity index (χ4v) is 2.65. The van der Waals surface area contributed by atoms with E-state index in [1.54, 1.807) is 0 Å².